The highest BCUT2D eigenvalue weighted by molar-refractivity contribution is 7.98. The Labute approximate surface area is 217 Å². The third-order valence-corrected chi connectivity index (χ3v) is 5.98. The molecule has 3 amide bonds. The summed E-state index contributed by atoms with van der Waals surface area (Å²) in [6.45, 7) is 8.84. The fourth-order valence-electron chi connectivity index (χ4n) is 3.20. The molecule has 36 heavy (non-hydrogen) atoms. The molecule has 0 spiro atoms. The molecule has 0 heterocycles. The first-order chi connectivity index (χ1) is 16.8. The number of hydrogen-bond acceptors (Lipinski definition) is 8. The highest BCUT2D eigenvalue weighted by atomic mass is 32.2. The largest absolute Gasteiger partial charge is 0.508 e. The predicted octanol–water partition coefficient (Wildman–Crippen LogP) is 2.38. The zero-order valence-corrected chi connectivity index (χ0v) is 22.9. The smallest absolute Gasteiger partial charge is 0.408 e. The van der Waals surface area contributed by atoms with Crippen molar-refractivity contribution in [3.05, 3.63) is 29.8 Å². The number of amides is 3. The number of aromatic hydroxyl groups is 1. The number of rotatable bonds is 12. The molecule has 0 aliphatic heterocycles. The lowest BCUT2D eigenvalue weighted by Gasteiger charge is -2.27. The van der Waals surface area contributed by atoms with Crippen LogP contribution in [0.1, 0.15) is 46.6 Å². The van der Waals surface area contributed by atoms with Crippen molar-refractivity contribution in [3.63, 3.8) is 0 Å². The van der Waals surface area contributed by atoms with Crippen LogP contribution in [-0.2, 0) is 30.3 Å². The van der Waals surface area contributed by atoms with Crippen LogP contribution in [0, 0.1) is 5.92 Å². The first-order valence-corrected chi connectivity index (χ1v) is 13.2. The second kappa shape index (κ2) is 14.6. The van der Waals surface area contributed by atoms with E-state index in [1.807, 2.05) is 13.8 Å². The second-order valence-electron chi connectivity index (χ2n) is 9.48. The van der Waals surface area contributed by atoms with Gasteiger partial charge in [-0.2, -0.15) is 11.8 Å². The molecule has 0 aromatic heterocycles. The highest BCUT2D eigenvalue weighted by Gasteiger charge is 2.32. The molecule has 0 saturated carbocycles. The van der Waals surface area contributed by atoms with E-state index in [-0.39, 0.29) is 23.8 Å². The Morgan fingerprint density at radius 2 is 1.58 bits per heavy atom. The van der Waals surface area contributed by atoms with Gasteiger partial charge in [0.15, 0.2) is 0 Å². The minimum atomic E-state index is -1.07. The number of thioether (sulfide) groups is 1. The normalized spacial score (nSPS) is 14.5. The van der Waals surface area contributed by atoms with Gasteiger partial charge in [0.25, 0.3) is 0 Å². The van der Waals surface area contributed by atoms with Crippen LogP contribution < -0.4 is 16.0 Å². The van der Waals surface area contributed by atoms with Crippen LogP contribution in [0.2, 0.25) is 0 Å². The van der Waals surface area contributed by atoms with Crippen molar-refractivity contribution >= 4 is 35.6 Å². The summed E-state index contributed by atoms with van der Waals surface area (Å²) in [5, 5.41) is 17.5. The molecule has 0 saturated heterocycles. The fraction of sp³-hybridized carbons (Fsp3) is 0.600. The van der Waals surface area contributed by atoms with E-state index in [0.717, 1.165) is 0 Å². The van der Waals surface area contributed by atoms with E-state index in [2.05, 4.69) is 16.0 Å². The maximum Gasteiger partial charge on any atom is 0.408 e. The van der Waals surface area contributed by atoms with Gasteiger partial charge in [-0.1, -0.05) is 32.4 Å². The van der Waals surface area contributed by atoms with Crippen LogP contribution in [0.15, 0.2) is 24.3 Å². The van der Waals surface area contributed by atoms with Crippen LogP contribution in [0.25, 0.3) is 0 Å². The Balaban J connectivity index is 3.15. The number of hydrogen-bond donors (Lipinski definition) is 4. The Morgan fingerprint density at radius 3 is 2.08 bits per heavy atom. The first kappa shape index (κ1) is 31.1. The summed E-state index contributed by atoms with van der Waals surface area (Å²) < 4.78 is 10.1. The molecule has 0 bridgehead atoms. The van der Waals surface area contributed by atoms with E-state index in [4.69, 9.17) is 9.47 Å². The molecule has 202 valence electrons. The molecule has 0 aliphatic carbocycles. The number of ether oxygens (including phenoxy) is 2. The molecule has 0 radical (unpaired) electrons. The van der Waals surface area contributed by atoms with Crippen LogP contribution in [0.4, 0.5) is 4.79 Å². The number of carbonyl (C=O) groups is 4. The zero-order chi connectivity index (χ0) is 27.5. The Morgan fingerprint density at radius 1 is 1.00 bits per heavy atom. The summed E-state index contributed by atoms with van der Waals surface area (Å²) in [5.41, 5.74) is -0.0714. The maximum atomic E-state index is 13.3. The number of esters is 1. The zero-order valence-electron chi connectivity index (χ0n) is 22.0. The summed E-state index contributed by atoms with van der Waals surface area (Å²) >= 11 is 1.34. The molecule has 11 heteroatoms. The van der Waals surface area contributed by atoms with Crippen molar-refractivity contribution in [2.24, 2.45) is 5.92 Å². The van der Waals surface area contributed by atoms with Crippen LogP contribution in [-0.4, -0.2) is 71.8 Å². The lowest BCUT2D eigenvalue weighted by atomic mass is 9.98. The van der Waals surface area contributed by atoms with Gasteiger partial charge < -0.3 is 30.5 Å². The SMILES string of the molecule is CC[C@H](C)[C@H](NC(=O)[C@H](Cc1ccc(O)cc1)NC(=O)[C@H](CSC)NC(=O)OC(C)(C)C)C(=O)OC. The van der Waals surface area contributed by atoms with E-state index in [0.29, 0.717) is 12.0 Å². The third kappa shape index (κ3) is 10.8. The topological polar surface area (TPSA) is 143 Å². The summed E-state index contributed by atoms with van der Waals surface area (Å²) in [7, 11) is 1.24. The molecular formula is C25H39N3O7S. The van der Waals surface area contributed by atoms with Gasteiger partial charge in [0.2, 0.25) is 11.8 Å². The van der Waals surface area contributed by atoms with E-state index in [1.165, 1.54) is 31.0 Å². The molecule has 1 rings (SSSR count). The highest BCUT2D eigenvalue weighted by Crippen LogP contribution is 2.14. The van der Waals surface area contributed by atoms with Crippen LogP contribution in [0.3, 0.4) is 0 Å². The van der Waals surface area contributed by atoms with Gasteiger partial charge in [-0.3, -0.25) is 9.59 Å². The van der Waals surface area contributed by atoms with E-state index in [1.54, 1.807) is 39.2 Å². The van der Waals surface area contributed by atoms with E-state index < -0.39 is 47.6 Å². The Hall–Kier alpha value is -2.95. The number of methoxy groups -OCH3 is 1. The second-order valence-corrected chi connectivity index (χ2v) is 10.4. The summed E-state index contributed by atoms with van der Waals surface area (Å²) in [6, 6.07) is 3.29. The molecule has 0 fully saturated rings. The van der Waals surface area contributed by atoms with E-state index in [9.17, 15) is 24.3 Å². The molecule has 0 aliphatic rings. The lowest BCUT2D eigenvalue weighted by molar-refractivity contribution is -0.147. The molecule has 10 nitrogen and oxygen atoms in total. The lowest BCUT2D eigenvalue weighted by Crippen LogP contribution is -2.58. The number of phenols is 1. The summed E-state index contributed by atoms with van der Waals surface area (Å²) in [4.78, 5) is 51.0. The number of carbonyl (C=O) groups excluding carboxylic acids is 4. The minimum Gasteiger partial charge on any atom is -0.508 e. The van der Waals surface area contributed by atoms with Gasteiger partial charge >= 0.3 is 12.1 Å². The number of alkyl carbamates (subject to hydrolysis) is 1. The van der Waals surface area contributed by atoms with Crippen molar-refractivity contribution in [3.8, 4) is 5.75 Å². The van der Waals surface area contributed by atoms with E-state index >= 15 is 0 Å². The van der Waals surface area contributed by atoms with Gasteiger partial charge in [-0.05, 0) is 50.6 Å². The van der Waals surface area contributed by atoms with Crippen molar-refractivity contribution in [2.45, 2.75) is 71.2 Å². The average molecular weight is 526 g/mol. The standard InChI is InChI=1S/C25H39N3O7S/c1-8-15(2)20(23(32)34-6)28-21(30)18(13-16-9-11-17(29)12-10-16)26-22(31)19(14-36-7)27-24(33)35-25(3,4)5/h9-12,15,18-20,29H,8,13-14H2,1-7H3,(H,26,31)(H,27,33)(H,28,30)/t15-,18-,19-,20-/m0/s1. The van der Waals surface area contributed by atoms with Crippen molar-refractivity contribution in [1.29, 1.82) is 0 Å². The number of phenolic OH excluding ortho intramolecular Hbond substituents is 1. The number of benzene rings is 1. The maximum absolute atomic E-state index is 13.3. The third-order valence-electron chi connectivity index (χ3n) is 5.32. The Bertz CT molecular complexity index is 887. The van der Waals surface area contributed by atoms with Gasteiger partial charge in [0, 0.05) is 12.2 Å². The van der Waals surface area contributed by atoms with Gasteiger partial charge in [0.05, 0.1) is 7.11 Å². The van der Waals surface area contributed by atoms with Crippen molar-refractivity contribution in [1.82, 2.24) is 16.0 Å². The van der Waals surface area contributed by atoms with Crippen molar-refractivity contribution < 1.29 is 33.8 Å². The monoisotopic (exact) mass is 525 g/mol. The quantitative estimate of drug-likeness (QED) is 0.305. The van der Waals surface area contributed by atoms with Crippen LogP contribution in [0.5, 0.6) is 5.75 Å². The average Bonchev–Trinajstić information content (AvgIpc) is 2.80. The molecule has 1 aromatic rings. The summed E-state index contributed by atoms with van der Waals surface area (Å²) in [6.07, 6.45) is 1.74. The fourth-order valence-corrected chi connectivity index (χ4v) is 3.77. The number of nitrogens with one attached hydrogen (secondary N) is 3. The molecule has 4 N–H and O–H groups in total. The van der Waals surface area contributed by atoms with Crippen LogP contribution >= 0.6 is 11.8 Å². The molecular weight excluding hydrogens is 486 g/mol. The minimum absolute atomic E-state index is 0.0629. The predicted molar refractivity (Wildman–Crippen MR) is 139 cm³/mol. The molecule has 4 atom stereocenters. The summed E-state index contributed by atoms with van der Waals surface area (Å²) in [5.74, 6) is -1.63. The van der Waals surface area contributed by atoms with Gasteiger partial charge in [-0.15, -0.1) is 0 Å². The molecule has 0 unspecified atom stereocenters. The van der Waals surface area contributed by atoms with Gasteiger partial charge in [-0.25, -0.2) is 9.59 Å². The Kier molecular flexibility index (Phi) is 12.6. The molecule has 1 aromatic carbocycles. The van der Waals surface area contributed by atoms with Gasteiger partial charge in [0.1, 0.15) is 29.5 Å². The van der Waals surface area contributed by atoms with Crippen molar-refractivity contribution in [2.75, 3.05) is 19.1 Å². The first-order valence-electron chi connectivity index (χ1n) is 11.8.